The zero-order valence-corrected chi connectivity index (χ0v) is 15.7. The molecule has 2 aromatic heterocycles. The van der Waals surface area contributed by atoms with Gasteiger partial charge in [0.2, 0.25) is 0 Å². The summed E-state index contributed by atoms with van der Waals surface area (Å²) in [5.41, 5.74) is 0.626. The first kappa shape index (κ1) is 20.8. The van der Waals surface area contributed by atoms with Crippen molar-refractivity contribution < 1.29 is 19.6 Å². The maximum atomic E-state index is 12.4. The summed E-state index contributed by atoms with van der Waals surface area (Å²) in [6, 6.07) is 0. The maximum Gasteiger partial charge on any atom is 0.491 e. The molecule has 0 unspecified atom stereocenters. The first-order valence-corrected chi connectivity index (χ1v) is 8.05. The van der Waals surface area contributed by atoms with E-state index in [-0.39, 0.29) is 17.0 Å². The van der Waals surface area contributed by atoms with Crippen LogP contribution >= 0.6 is 0 Å². The molecule has 0 saturated heterocycles. The van der Waals surface area contributed by atoms with Crippen LogP contribution in [-0.2, 0) is 11.8 Å². The molecule has 0 radical (unpaired) electrons. The Morgan fingerprint density at radius 3 is 2.32 bits per heavy atom. The second-order valence-electron chi connectivity index (χ2n) is 6.14. The van der Waals surface area contributed by atoms with Gasteiger partial charge >= 0.3 is 13.1 Å². The van der Waals surface area contributed by atoms with Crippen LogP contribution in [0.5, 0.6) is 0 Å². The van der Waals surface area contributed by atoms with Gasteiger partial charge in [0.25, 0.3) is 0 Å². The number of nitrogens with zero attached hydrogens (tertiary/aromatic N) is 4. The van der Waals surface area contributed by atoms with Gasteiger partial charge < -0.3 is 14.8 Å². The lowest BCUT2D eigenvalue weighted by molar-refractivity contribution is 0.00584. The van der Waals surface area contributed by atoms with Crippen LogP contribution in [0.15, 0.2) is 12.4 Å². The van der Waals surface area contributed by atoms with E-state index in [4.69, 9.17) is 4.74 Å². The number of carbonyl (C=O) groups excluding carboxylic acids is 1. The molecule has 0 bridgehead atoms. The van der Waals surface area contributed by atoms with E-state index in [1.54, 1.807) is 34.7 Å². The van der Waals surface area contributed by atoms with Crippen LogP contribution in [0.1, 0.15) is 50.8 Å². The number of aryl methyl sites for hydroxylation is 2. The van der Waals surface area contributed by atoms with Crippen LogP contribution in [0.2, 0.25) is 0 Å². The van der Waals surface area contributed by atoms with Crippen LogP contribution in [0.4, 0.5) is 0 Å². The summed E-state index contributed by atoms with van der Waals surface area (Å²) in [7, 11) is -0.0233. The first-order chi connectivity index (χ1) is 11.6. The van der Waals surface area contributed by atoms with Crippen molar-refractivity contribution in [2.45, 2.75) is 47.1 Å². The number of hydrogen-bond acceptors (Lipinski definition) is 7. The summed E-state index contributed by atoms with van der Waals surface area (Å²) in [4.78, 5) is 20.7. The molecule has 2 heterocycles. The number of esters is 1. The van der Waals surface area contributed by atoms with Crippen LogP contribution in [0.25, 0.3) is 11.4 Å². The molecular formula is C16H25BN4O4. The highest BCUT2D eigenvalue weighted by atomic mass is 16.6. The summed E-state index contributed by atoms with van der Waals surface area (Å²) in [6.07, 6.45) is 2.79. The minimum absolute atomic E-state index is 0.205. The third-order valence-electron chi connectivity index (χ3n) is 3.07. The molecule has 0 fully saturated rings. The van der Waals surface area contributed by atoms with Gasteiger partial charge in [0, 0.05) is 24.4 Å². The van der Waals surface area contributed by atoms with Crippen molar-refractivity contribution in [2.75, 3.05) is 0 Å². The van der Waals surface area contributed by atoms with E-state index < -0.39 is 18.7 Å². The van der Waals surface area contributed by atoms with Crippen LogP contribution in [-0.4, -0.2) is 48.5 Å². The Balaban J connectivity index is 0.00000151. The van der Waals surface area contributed by atoms with Crippen molar-refractivity contribution in [1.29, 1.82) is 0 Å². The molecule has 0 saturated carbocycles. The van der Waals surface area contributed by atoms with E-state index in [0.717, 1.165) is 0 Å². The molecule has 2 N–H and O–H groups in total. The fraction of sp³-hybridized carbons (Fsp3) is 0.500. The van der Waals surface area contributed by atoms with Gasteiger partial charge in [-0.05, 0) is 27.7 Å². The molecule has 0 spiro atoms. The highest BCUT2D eigenvalue weighted by Gasteiger charge is 2.26. The largest absolute Gasteiger partial charge is 0.491 e. The summed E-state index contributed by atoms with van der Waals surface area (Å²) < 4.78 is 6.78. The minimum Gasteiger partial charge on any atom is -0.455 e. The molecule has 0 aliphatic heterocycles. The van der Waals surface area contributed by atoms with Gasteiger partial charge in [-0.25, -0.2) is 14.8 Å². The summed E-state index contributed by atoms with van der Waals surface area (Å²) in [5.74, 6) is -0.263. The SMILES string of the molecule is CC.Cc1nc(-c2cnn(C)c2C(=O)OC(C)(C)C)ncc1B(O)O. The van der Waals surface area contributed by atoms with E-state index in [1.807, 2.05) is 13.8 Å². The van der Waals surface area contributed by atoms with Gasteiger partial charge in [0.1, 0.15) is 5.60 Å². The Morgan fingerprint density at radius 2 is 1.84 bits per heavy atom. The van der Waals surface area contributed by atoms with E-state index >= 15 is 0 Å². The normalized spacial score (nSPS) is 10.8. The van der Waals surface area contributed by atoms with Crippen molar-refractivity contribution >= 4 is 18.6 Å². The smallest absolute Gasteiger partial charge is 0.455 e. The van der Waals surface area contributed by atoms with E-state index in [2.05, 4.69) is 15.1 Å². The molecule has 2 rings (SSSR count). The second-order valence-corrected chi connectivity index (χ2v) is 6.14. The molecule has 9 heteroatoms. The fourth-order valence-electron chi connectivity index (χ4n) is 2.03. The maximum absolute atomic E-state index is 12.4. The Morgan fingerprint density at radius 1 is 1.24 bits per heavy atom. The van der Waals surface area contributed by atoms with Gasteiger partial charge in [-0.2, -0.15) is 5.10 Å². The first-order valence-electron chi connectivity index (χ1n) is 8.05. The van der Waals surface area contributed by atoms with Crippen molar-refractivity contribution in [3.05, 3.63) is 23.8 Å². The zero-order valence-electron chi connectivity index (χ0n) is 15.7. The molecule has 0 aromatic carbocycles. The molecule has 0 atom stereocenters. The van der Waals surface area contributed by atoms with Crippen LogP contribution in [0.3, 0.4) is 0 Å². The summed E-state index contributed by atoms with van der Waals surface area (Å²) in [5, 5.41) is 22.5. The molecule has 0 aliphatic carbocycles. The highest BCUT2D eigenvalue weighted by Crippen LogP contribution is 2.22. The lowest BCUT2D eigenvalue weighted by Gasteiger charge is -2.19. The molecule has 0 aliphatic rings. The number of ether oxygens (including phenoxy) is 1. The standard InChI is InChI=1S/C14H19BN4O4.C2H6/c1-8-10(15(21)22)7-16-12(18-8)9-6-17-19(5)11(9)13(20)23-14(2,3)4;1-2/h6-7,21-22H,1-5H3;1-2H3. The monoisotopic (exact) mass is 348 g/mol. The van der Waals surface area contributed by atoms with Crippen molar-refractivity contribution in [3.63, 3.8) is 0 Å². The molecule has 136 valence electrons. The van der Waals surface area contributed by atoms with E-state index in [0.29, 0.717) is 11.3 Å². The van der Waals surface area contributed by atoms with Crippen LogP contribution < -0.4 is 5.46 Å². The lowest BCUT2D eigenvalue weighted by Crippen LogP contribution is -2.33. The van der Waals surface area contributed by atoms with Gasteiger partial charge in [-0.15, -0.1) is 0 Å². The fourth-order valence-corrected chi connectivity index (χ4v) is 2.03. The Labute approximate surface area is 148 Å². The Kier molecular flexibility index (Phi) is 6.83. The number of carbonyl (C=O) groups is 1. The zero-order chi connectivity index (χ0) is 19.4. The highest BCUT2D eigenvalue weighted by molar-refractivity contribution is 6.58. The second kappa shape index (κ2) is 8.22. The molecule has 25 heavy (non-hydrogen) atoms. The lowest BCUT2D eigenvalue weighted by atomic mass is 9.80. The summed E-state index contributed by atoms with van der Waals surface area (Å²) >= 11 is 0. The van der Waals surface area contributed by atoms with E-state index in [9.17, 15) is 14.8 Å². The number of rotatable bonds is 3. The van der Waals surface area contributed by atoms with Crippen molar-refractivity contribution in [1.82, 2.24) is 19.7 Å². The Bertz CT molecular complexity index is 738. The van der Waals surface area contributed by atoms with E-state index in [1.165, 1.54) is 17.1 Å². The van der Waals surface area contributed by atoms with Crippen LogP contribution in [0, 0.1) is 6.92 Å². The molecule has 0 amide bonds. The third-order valence-corrected chi connectivity index (χ3v) is 3.07. The molecule has 2 aromatic rings. The van der Waals surface area contributed by atoms with Crippen molar-refractivity contribution in [2.24, 2.45) is 7.05 Å². The topological polar surface area (TPSA) is 110 Å². The molecule has 8 nitrogen and oxygen atoms in total. The average Bonchev–Trinajstić information content (AvgIpc) is 2.89. The number of hydrogen-bond donors (Lipinski definition) is 2. The number of aromatic nitrogens is 4. The third kappa shape index (κ3) is 5.11. The van der Waals surface area contributed by atoms with Crippen molar-refractivity contribution in [3.8, 4) is 11.4 Å². The van der Waals surface area contributed by atoms with Gasteiger partial charge in [-0.1, -0.05) is 13.8 Å². The molecular weight excluding hydrogens is 323 g/mol. The predicted molar refractivity (Wildman–Crippen MR) is 95.3 cm³/mol. The van der Waals surface area contributed by atoms with Gasteiger partial charge in [-0.3, -0.25) is 4.68 Å². The predicted octanol–water partition coefficient (Wildman–Crippen LogP) is 0.847. The van der Waals surface area contributed by atoms with Gasteiger partial charge in [0.05, 0.1) is 11.8 Å². The summed E-state index contributed by atoms with van der Waals surface area (Å²) in [6.45, 7) is 11.0. The quantitative estimate of drug-likeness (QED) is 0.625. The minimum atomic E-state index is -1.65. The average molecular weight is 348 g/mol. The Hall–Kier alpha value is -2.26. The van der Waals surface area contributed by atoms with Gasteiger partial charge in [0.15, 0.2) is 11.5 Å².